The first kappa shape index (κ1) is 23.5. The van der Waals surface area contributed by atoms with Crippen LogP contribution in [0.5, 0.6) is 5.75 Å². The Labute approximate surface area is 204 Å². The summed E-state index contributed by atoms with van der Waals surface area (Å²) in [6.45, 7) is 4.70. The molecule has 0 unspecified atom stereocenters. The highest BCUT2D eigenvalue weighted by Gasteiger charge is 2.28. The van der Waals surface area contributed by atoms with E-state index in [0.717, 1.165) is 56.9 Å². The second-order valence-corrected chi connectivity index (χ2v) is 9.26. The lowest BCUT2D eigenvalue weighted by Crippen LogP contribution is -2.35. The predicted octanol–water partition coefficient (Wildman–Crippen LogP) is 3.78. The number of aromatic nitrogens is 2. The molecule has 5 rings (SSSR count). The van der Waals surface area contributed by atoms with Crippen molar-refractivity contribution < 1.29 is 18.7 Å². The number of halogens is 1. The molecule has 0 radical (unpaired) electrons. The zero-order chi connectivity index (χ0) is 24.2. The second-order valence-electron chi connectivity index (χ2n) is 9.26. The van der Waals surface area contributed by atoms with Crippen LogP contribution in [-0.2, 0) is 31.5 Å². The summed E-state index contributed by atoms with van der Waals surface area (Å²) < 4.78 is 27.8. The van der Waals surface area contributed by atoms with Crippen molar-refractivity contribution in [3.8, 4) is 5.75 Å². The molecule has 1 aliphatic carbocycles. The zero-order valence-corrected chi connectivity index (χ0v) is 20.0. The highest BCUT2D eigenvalue weighted by Crippen LogP contribution is 2.39. The molecule has 2 fully saturated rings. The number of nitrogens with one attached hydrogen (secondary N) is 1. The average Bonchev–Trinajstić information content (AvgIpc) is 3.65. The summed E-state index contributed by atoms with van der Waals surface area (Å²) in [4.78, 5) is 15.0. The maximum Gasteiger partial charge on any atom is 0.269 e. The van der Waals surface area contributed by atoms with Crippen LogP contribution in [0.1, 0.15) is 51.6 Å². The monoisotopic (exact) mass is 478 g/mol. The van der Waals surface area contributed by atoms with Gasteiger partial charge < -0.3 is 14.8 Å². The Morgan fingerprint density at radius 1 is 1.14 bits per heavy atom. The van der Waals surface area contributed by atoms with Gasteiger partial charge in [-0.25, -0.2) is 4.39 Å². The molecule has 1 aliphatic heterocycles. The van der Waals surface area contributed by atoms with Crippen LogP contribution in [0.15, 0.2) is 48.5 Å². The molecule has 0 bridgehead atoms. The molecule has 184 valence electrons. The van der Waals surface area contributed by atoms with Gasteiger partial charge in [-0.15, -0.1) is 0 Å². The minimum absolute atomic E-state index is 0.0715. The Kier molecular flexibility index (Phi) is 7.11. The van der Waals surface area contributed by atoms with Crippen molar-refractivity contribution in [2.75, 3.05) is 26.3 Å². The normalized spacial score (nSPS) is 16.3. The average molecular weight is 479 g/mol. The summed E-state index contributed by atoms with van der Waals surface area (Å²) in [5, 5.41) is 7.23. The molecule has 2 aliphatic rings. The second kappa shape index (κ2) is 10.6. The smallest absolute Gasteiger partial charge is 0.269 e. The molecule has 1 amide bonds. The highest BCUT2D eigenvalue weighted by molar-refractivity contribution is 5.92. The van der Waals surface area contributed by atoms with Crippen molar-refractivity contribution in [1.82, 2.24) is 20.0 Å². The number of morpholine rings is 1. The van der Waals surface area contributed by atoms with E-state index in [4.69, 9.17) is 9.47 Å². The van der Waals surface area contributed by atoms with Crippen LogP contribution in [0.25, 0.3) is 0 Å². The van der Waals surface area contributed by atoms with Gasteiger partial charge in [-0.05, 0) is 36.1 Å². The third-order valence-corrected chi connectivity index (χ3v) is 6.54. The lowest BCUT2D eigenvalue weighted by Gasteiger charge is -2.26. The third kappa shape index (κ3) is 5.89. The first-order valence-electron chi connectivity index (χ1n) is 12.2. The number of rotatable bonds is 9. The first-order valence-corrected chi connectivity index (χ1v) is 12.2. The number of ether oxygens (including phenoxy) is 2. The summed E-state index contributed by atoms with van der Waals surface area (Å²) in [6.07, 6.45) is 2.24. The van der Waals surface area contributed by atoms with E-state index in [-0.39, 0.29) is 24.8 Å². The predicted molar refractivity (Wildman–Crippen MR) is 130 cm³/mol. The number of amides is 1. The van der Waals surface area contributed by atoms with Crippen LogP contribution in [0.2, 0.25) is 0 Å². The fourth-order valence-corrected chi connectivity index (χ4v) is 4.27. The number of nitrogens with zero attached hydrogens (tertiary/aromatic N) is 3. The van der Waals surface area contributed by atoms with E-state index < -0.39 is 5.82 Å². The molecule has 1 saturated heterocycles. The number of carbonyl (C=O) groups is 1. The molecule has 1 saturated carbocycles. The van der Waals surface area contributed by atoms with Gasteiger partial charge in [0, 0.05) is 44.7 Å². The molecular formula is C27H31FN4O3. The van der Waals surface area contributed by atoms with Gasteiger partial charge in [-0.2, -0.15) is 5.10 Å². The van der Waals surface area contributed by atoms with E-state index in [2.05, 4.69) is 27.4 Å². The standard InChI is InChI=1S/C27H31FN4O3/c1-31-24(15-23(30-31)21-9-10-21)27(33)29-16-22-3-2-4-25(26(22)28)35-18-20-7-5-19(6-8-20)17-32-11-13-34-14-12-32/h2-8,15,21H,9-14,16-18H2,1H3,(H,29,33). The molecule has 8 heteroatoms. The van der Waals surface area contributed by atoms with Crippen LogP contribution in [0, 0.1) is 5.82 Å². The van der Waals surface area contributed by atoms with Crippen LogP contribution in [0.3, 0.4) is 0 Å². The van der Waals surface area contributed by atoms with Gasteiger partial charge in [0.1, 0.15) is 12.3 Å². The molecule has 0 spiro atoms. The van der Waals surface area contributed by atoms with Crippen molar-refractivity contribution in [3.63, 3.8) is 0 Å². The van der Waals surface area contributed by atoms with Crippen molar-refractivity contribution in [2.24, 2.45) is 7.05 Å². The SMILES string of the molecule is Cn1nc(C2CC2)cc1C(=O)NCc1cccc(OCc2ccc(CN3CCOCC3)cc2)c1F. The summed E-state index contributed by atoms with van der Waals surface area (Å²) >= 11 is 0. The minimum Gasteiger partial charge on any atom is -0.486 e. The lowest BCUT2D eigenvalue weighted by molar-refractivity contribution is 0.0342. The quantitative estimate of drug-likeness (QED) is 0.507. The maximum absolute atomic E-state index is 15.0. The van der Waals surface area contributed by atoms with Crippen LogP contribution < -0.4 is 10.1 Å². The number of carbonyl (C=O) groups excluding carboxylic acids is 1. The Balaban J connectivity index is 1.15. The summed E-state index contributed by atoms with van der Waals surface area (Å²) in [5.41, 5.74) is 4.01. The molecular weight excluding hydrogens is 447 g/mol. The maximum atomic E-state index is 15.0. The van der Waals surface area contributed by atoms with Gasteiger partial charge in [-0.3, -0.25) is 14.4 Å². The Morgan fingerprint density at radius 2 is 1.89 bits per heavy atom. The molecule has 7 nitrogen and oxygen atoms in total. The van der Waals surface area contributed by atoms with E-state index in [9.17, 15) is 4.79 Å². The van der Waals surface area contributed by atoms with Gasteiger partial charge in [-0.1, -0.05) is 36.4 Å². The van der Waals surface area contributed by atoms with Crippen LogP contribution in [0.4, 0.5) is 4.39 Å². The number of aryl methyl sites for hydroxylation is 1. The van der Waals surface area contributed by atoms with E-state index in [1.807, 2.05) is 18.2 Å². The number of hydrogen-bond acceptors (Lipinski definition) is 5. The fourth-order valence-electron chi connectivity index (χ4n) is 4.27. The van der Waals surface area contributed by atoms with Crippen LogP contribution in [-0.4, -0.2) is 46.9 Å². The van der Waals surface area contributed by atoms with Gasteiger partial charge in [0.15, 0.2) is 11.6 Å². The van der Waals surface area contributed by atoms with Gasteiger partial charge in [0.25, 0.3) is 5.91 Å². The first-order chi connectivity index (χ1) is 17.1. The summed E-state index contributed by atoms with van der Waals surface area (Å²) in [6, 6.07) is 15.0. The molecule has 1 aromatic heterocycles. The molecule has 2 aromatic carbocycles. The molecule has 35 heavy (non-hydrogen) atoms. The lowest BCUT2D eigenvalue weighted by atomic mass is 10.1. The van der Waals surface area contributed by atoms with Crippen molar-refractivity contribution >= 4 is 5.91 Å². The van der Waals surface area contributed by atoms with E-state index in [1.54, 1.807) is 29.9 Å². The minimum atomic E-state index is -0.458. The Bertz CT molecular complexity index is 1170. The molecule has 3 aromatic rings. The number of benzene rings is 2. The van der Waals surface area contributed by atoms with Gasteiger partial charge in [0.05, 0.1) is 18.9 Å². The Morgan fingerprint density at radius 3 is 2.63 bits per heavy atom. The van der Waals surface area contributed by atoms with E-state index in [0.29, 0.717) is 17.2 Å². The fraction of sp³-hybridized carbons (Fsp3) is 0.407. The molecule has 2 heterocycles. The molecule has 1 N–H and O–H groups in total. The largest absolute Gasteiger partial charge is 0.486 e. The van der Waals surface area contributed by atoms with E-state index in [1.165, 1.54) is 5.56 Å². The highest BCUT2D eigenvalue weighted by atomic mass is 19.1. The molecule has 0 atom stereocenters. The van der Waals surface area contributed by atoms with Crippen molar-refractivity contribution in [1.29, 1.82) is 0 Å². The topological polar surface area (TPSA) is 68.6 Å². The van der Waals surface area contributed by atoms with Crippen molar-refractivity contribution in [3.05, 3.63) is 82.4 Å². The Hall–Kier alpha value is -3.23. The summed E-state index contributed by atoms with van der Waals surface area (Å²) in [7, 11) is 1.75. The van der Waals surface area contributed by atoms with Crippen molar-refractivity contribution in [2.45, 2.75) is 38.5 Å². The summed E-state index contributed by atoms with van der Waals surface area (Å²) in [5.74, 6) is -0.0871. The zero-order valence-electron chi connectivity index (χ0n) is 20.0. The third-order valence-electron chi connectivity index (χ3n) is 6.54. The van der Waals surface area contributed by atoms with Gasteiger partial charge in [0.2, 0.25) is 0 Å². The number of hydrogen-bond donors (Lipinski definition) is 1. The van der Waals surface area contributed by atoms with E-state index >= 15 is 4.39 Å². The van der Waals surface area contributed by atoms with Crippen LogP contribution >= 0.6 is 0 Å². The van der Waals surface area contributed by atoms with Gasteiger partial charge >= 0.3 is 0 Å².